The van der Waals surface area contributed by atoms with Crippen LogP contribution in [0.3, 0.4) is 0 Å². The van der Waals surface area contributed by atoms with Crippen LogP contribution in [0.15, 0.2) is 36.4 Å². The molecular weight excluding hydrogens is 412 g/mol. The maximum absolute atomic E-state index is 9.16. The lowest BCUT2D eigenvalue weighted by Gasteiger charge is -2.35. The molecule has 0 saturated carbocycles. The van der Waals surface area contributed by atoms with Gasteiger partial charge in [0.15, 0.2) is 0 Å². The van der Waals surface area contributed by atoms with Gasteiger partial charge in [0.25, 0.3) is 0 Å². The number of fused-ring (bicyclic) bond motifs is 2. The monoisotopic (exact) mass is 442 g/mol. The summed E-state index contributed by atoms with van der Waals surface area (Å²) in [6.07, 6.45) is 2.46. The second kappa shape index (κ2) is 9.24. The van der Waals surface area contributed by atoms with Crippen LogP contribution in [0.1, 0.15) is 29.7 Å². The van der Waals surface area contributed by atoms with Crippen molar-refractivity contribution in [1.29, 1.82) is 5.26 Å². The summed E-state index contributed by atoms with van der Waals surface area (Å²) in [7, 11) is 1.63. The van der Waals surface area contributed by atoms with Gasteiger partial charge in [-0.05, 0) is 36.8 Å². The Bertz CT molecular complexity index is 1200. The highest BCUT2D eigenvalue weighted by Gasteiger charge is 2.27. The molecule has 0 unspecified atom stereocenters. The minimum Gasteiger partial charge on any atom is -0.467 e. The van der Waals surface area contributed by atoms with Crippen LogP contribution in [-0.2, 0) is 13.0 Å². The first kappa shape index (κ1) is 21.5. The van der Waals surface area contributed by atoms with E-state index in [0.717, 1.165) is 57.1 Å². The number of benzene rings is 2. The molecule has 7 nitrogen and oxygen atoms in total. The minimum atomic E-state index is 0.154. The molecule has 2 aliphatic rings. The first-order valence-corrected chi connectivity index (χ1v) is 11.7. The molecule has 0 aliphatic carbocycles. The Labute approximate surface area is 195 Å². The van der Waals surface area contributed by atoms with Gasteiger partial charge in [0, 0.05) is 48.9 Å². The summed E-state index contributed by atoms with van der Waals surface area (Å²) >= 11 is 0. The van der Waals surface area contributed by atoms with E-state index >= 15 is 0 Å². The normalized spacial score (nSPS) is 18.5. The molecule has 5 rings (SSSR count). The number of methoxy groups -OCH3 is 1. The van der Waals surface area contributed by atoms with Crippen LogP contribution in [-0.4, -0.2) is 49.3 Å². The predicted octanol–water partition coefficient (Wildman–Crippen LogP) is 3.59. The molecule has 1 atom stereocenters. The third-order valence-corrected chi connectivity index (χ3v) is 6.75. The first-order valence-electron chi connectivity index (χ1n) is 11.7. The Morgan fingerprint density at radius 2 is 2.00 bits per heavy atom. The maximum atomic E-state index is 9.16. The molecule has 0 radical (unpaired) electrons. The van der Waals surface area contributed by atoms with Crippen LogP contribution in [0.2, 0.25) is 0 Å². The van der Waals surface area contributed by atoms with Crippen LogP contribution in [0.4, 0.5) is 11.5 Å². The third-order valence-electron chi connectivity index (χ3n) is 6.75. The Balaban J connectivity index is 1.54. The number of hydrogen-bond acceptors (Lipinski definition) is 7. The van der Waals surface area contributed by atoms with Gasteiger partial charge in [-0.15, -0.1) is 0 Å². The van der Waals surface area contributed by atoms with Gasteiger partial charge >= 0.3 is 6.01 Å². The molecule has 1 aromatic heterocycles. The number of rotatable bonds is 4. The van der Waals surface area contributed by atoms with E-state index in [1.165, 1.54) is 27.6 Å². The number of piperazine rings is 1. The Hall–Kier alpha value is -3.37. The molecule has 1 saturated heterocycles. The second-order valence-electron chi connectivity index (χ2n) is 8.89. The predicted molar refractivity (Wildman–Crippen MR) is 131 cm³/mol. The van der Waals surface area contributed by atoms with Crippen molar-refractivity contribution >= 4 is 22.3 Å². The largest absolute Gasteiger partial charge is 0.467 e. The highest BCUT2D eigenvalue weighted by molar-refractivity contribution is 5.96. The zero-order valence-corrected chi connectivity index (χ0v) is 19.3. The quantitative estimate of drug-likeness (QED) is 0.662. The molecule has 33 heavy (non-hydrogen) atoms. The zero-order chi connectivity index (χ0) is 22.8. The van der Waals surface area contributed by atoms with Crippen LogP contribution in [0, 0.1) is 18.3 Å². The van der Waals surface area contributed by atoms with Gasteiger partial charge < -0.3 is 19.9 Å². The average molecular weight is 443 g/mol. The van der Waals surface area contributed by atoms with Crippen LogP contribution in [0.25, 0.3) is 10.8 Å². The molecule has 2 aliphatic heterocycles. The van der Waals surface area contributed by atoms with Crippen molar-refractivity contribution in [2.24, 2.45) is 0 Å². The maximum Gasteiger partial charge on any atom is 0.318 e. The molecule has 170 valence electrons. The lowest BCUT2D eigenvalue weighted by atomic mass is 10.0. The molecule has 0 spiro atoms. The topological polar surface area (TPSA) is 77.3 Å². The Morgan fingerprint density at radius 3 is 2.82 bits per heavy atom. The van der Waals surface area contributed by atoms with Crippen LogP contribution >= 0.6 is 0 Å². The number of anilines is 2. The van der Waals surface area contributed by atoms with Gasteiger partial charge in [0.2, 0.25) is 0 Å². The van der Waals surface area contributed by atoms with E-state index in [0.29, 0.717) is 12.4 Å². The van der Waals surface area contributed by atoms with Crippen LogP contribution in [0.5, 0.6) is 6.01 Å². The van der Waals surface area contributed by atoms with Crippen molar-refractivity contribution in [2.75, 3.05) is 43.1 Å². The summed E-state index contributed by atoms with van der Waals surface area (Å²) < 4.78 is 5.52. The molecule has 1 fully saturated rings. The molecule has 3 heterocycles. The summed E-state index contributed by atoms with van der Waals surface area (Å²) in [6, 6.07) is 15.9. The van der Waals surface area contributed by atoms with E-state index in [9.17, 15) is 0 Å². The van der Waals surface area contributed by atoms with E-state index in [1.54, 1.807) is 7.11 Å². The SMILES string of the molecule is COc1nc2c(c(N3CCN[C@@H](CC#N)C3)n1)CCCN(c1cccc3cccc(C)c13)C2. The average Bonchev–Trinajstić information content (AvgIpc) is 3.06. The Kier molecular flexibility index (Phi) is 6.01. The van der Waals surface area contributed by atoms with E-state index in [1.807, 2.05) is 0 Å². The number of ether oxygens (including phenoxy) is 1. The van der Waals surface area contributed by atoms with Gasteiger partial charge in [-0.1, -0.05) is 30.3 Å². The van der Waals surface area contributed by atoms with E-state index < -0.39 is 0 Å². The summed E-state index contributed by atoms with van der Waals surface area (Å²) in [4.78, 5) is 14.4. The molecule has 1 N–H and O–H groups in total. The van der Waals surface area contributed by atoms with Crippen molar-refractivity contribution < 1.29 is 4.74 Å². The zero-order valence-electron chi connectivity index (χ0n) is 19.3. The standard InChI is InChI=1S/C26H30N6O/c1-18-6-3-7-19-8-4-10-23(24(18)19)31-14-5-9-21-22(17-31)29-26(33-2)30-25(21)32-15-13-28-20(16-32)11-12-27/h3-4,6-8,10,20,28H,5,9,11,13-17H2,1-2H3/t20-/m0/s1. The van der Waals surface area contributed by atoms with Gasteiger partial charge in [-0.3, -0.25) is 0 Å². The highest BCUT2D eigenvalue weighted by atomic mass is 16.5. The summed E-state index contributed by atoms with van der Waals surface area (Å²) in [5.41, 5.74) is 4.80. The number of nitrogens with one attached hydrogen (secondary N) is 1. The van der Waals surface area contributed by atoms with Gasteiger partial charge in [-0.25, -0.2) is 0 Å². The fourth-order valence-electron chi connectivity index (χ4n) is 5.18. The minimum absolute atomic E-state index is 0.154. The Morgan fingerprint density at radius 1 is 1.15 bits per heavy atom. The lowest BCUT2D eigenvalue weighted by molar-refractivity contribution is 0.376. The smallest absolute Gasteiger partial charge is 0.318 e. The molecular formula is C26H30N6O. The molecule has 0 amide bonds. The van der Waals surface area contributed by atoms with Crippen molar-refractivity contribution in [3.8, 4) is 12.1 Å². The molecule has 3 aromatic rings. The van der Waals surface area contributed by atoms with Crippen LogP contribution < -0.4 is 19.9 Å². The number of hydrogen-bond donors (Lipinski definition) is 1. The number of aryl methyl sites for hydroxylation is 1. The third kappa shape index (κ3) is 4.19. The van der Waals surface area contributed by atoms with E-state index in [2.05, 4.69) is 64.5 Å². The van der Waals surface area contributed by atoms with Gasteiger partial charge in [0.1, 0.15) is 5.82 Å². The van der Waals surface area contributed by atoms with Gasteiger partial charge in [-0.2, -0.15) is 15.2 Å². The van der Waals surface area contributed by atoms with Crippen molar-refractivity contribution in [1.82, 2.24) is 15.3 Å². The lowest BCUT2D eigenvalue weighted by Crippen LogP contribution is -2.51. The van der Waals surface area contributed by atoms with Crippen molar-refractivity contribution in [3.05, 3.63) is 53.2 Å². The van der Waals surface area contributed by atoms with Crippen molar-refractivity contribution in [2.45, 2.75) is 38.8 Å². The fourth-order valence-corrected chi connectivity index (χ4v) is 5.18. The van der Waals surface area contributed by atoms with Gasteiger partial charge in [0.05, 0.1) is 31.8 Å². The second-order valence-corrected chi connectivity index (χ2v) is 8.89. The summed E-state index contributed by atoms with van der Waals surface area (Å²) in [6.45, 7) is 6.34. The molecule has 7 heteroatoms. The molecule has 0 bridgehead atoms. The number of nitrogens with zero attached hydrogens (tertiary/aromatic N) is 5. The summed E-state index contributed by atoms with van der Waals surface area (Å²) in [5.74, 6) is 0.970. The fraction of sp³-hybridized carbons (Fsp3) is 0.423. The molecule has 2 aromatic carbocycles. The van der Waals surface area contributed by atoms with E-state index in [-0.39, 0.29) is 6.04 Å². The number of nitriles is 1. The summed E-state index contributed by atoms with van der Waals surface area (Å²) in [5, 5.41) is 15.2. The number of aromatic nitrogens is 2. The van der Waals surface area contributed by atoms with E-state index in [4.69, 9.17) is 20.0 Å². The highest BCUT2D eigenvalue weighted by Crippen LogP contribution is 2.34. The first-order chi connectivity index (χ1) is 16.2. The van der Waals surface area contributed by atoms with Crippen molar-refractivity contribution in [3.63, 3.8) is 0 Å².